The van der Waals surface area contributed by atoms with E-state index in [4.69, 9.17) is 55.1 Å². The average Bonchev–Trinajstić information content (AvgIpc) is 3.32. The molecular weight excluding hydrogens is 917 g/mol. The molecular formula is C44H63N6O19+3. The molecule has 0 saturated carbocycles. The molecule has 0 aliphatic carbocycles. The van der Waals surface area contributed by atoms with Crippen molar-refractivity contribution < 1.29 is 109 Å². The first-order valence-electron chi connectivity index (χ1n) is 22.1. The van der Waals surface area contributed by atoms with Crippen molar-refractivity contribution in [1.82, 2.24) is 0 Å². The minimum absolute atomic E-state index is 0.155. The van der Waals surface area contributed by atoms with Crippen LogP contribution in [0.15, 0.2) is 54.6 Å². The number of aliphatic hydroxyl groups is 5. The van der Waals surface area contributed by atoms with E-state index in [9.17, 15) is 55.2 Å². The molecule has 3 aromatic rings. The first kappa shape index (κ1) is 52.7. The maximum absolute atomic E-state index is 13.3. The molecule has 0 amide bonds. The Morgan fingerprint density at radius 3 is 1.23 bits per heavy atom. The number of benzene rings is 3. The molecule has 0 bridgehead atoms. The van der Waals surface area contributed by atoms with Crippen molar-refractivity contribution in [2.24, 2.45) is 0 Å². The molecule has 3 aromatic carbocycles. The van der Waals surface area contributed by atoms with E-state index in [0.29, 0.717) is 0 Å². The quantitative estimate of drug-likeness (QED) is 0.0244. The largest absolute Gasteiger partial charge is 0.507 e. The van der Waals surface area contributed by atoms with E-state index < -0.39 is 147 Å². The van der Waals surface area contributed by atoms with Gasteiger partial charge in [0.15, 0.2) is 6.04 Å². The van der Waals surface area contributed by atoms with Crippen molar-refractivity contribution in [2.45, 2.75) is 91.6 Å². The summed E-state index contributed by atoms with van der Waals surface area (Å²) in [4.78, 5) is 39.2. The minimum Gasteiger partial charge on any atom is -0.507 e. The SMILES string of the molecule is C[NH2+]C1[C@H](CO[C@@H]2C(COC(=O)c3cc(N)ccc3O)O[C@@H](CO[C@@H]3C(COC(=O)c4cc(N)ccc4O)O[C@@H](O)C([NH2+]C)[C@@H]3O)C([NH2+]C)[C@@H]2O)OC(COC(=O)c2cc(N)ccc2O)[C@@H](O)[C@H]1O. The molecule has 20 N–H and O–H groups in total. The van der Waals surface area contributed by atoms with Gasteiger partial charge in [-0.15, -0.1) is 0 Å². The molecule has 25 heteroatoms. The van der Waals surface area contributed by atoms with E-state index >= 15 is 0 Å². The van der Waals surface area contributed by atoms with Crippen LogP contribution >= 0.6 is 0 Å². The highest BCUT2D eigenvalue weighted by molar-refractivity contribution is 5.94. The van der Waals surface area contributed by atoms with Crippen LogP contribution in [0.3, 0.4) is 0 Å². The van der Waals surface area contributed by atoms with Gasteiger partial charge >= 0.3 is 17.9 Å². The Kier molecular flexibility index (Phi) is 17.8. The number of nitrogens with two attached hydrogens (primary N) is 6. The molecule has 0 aromatic heterocycles. The lowest BCUT2D eigenvalue weighted by Gasteiger charge is -2.45. The van der Waals surface area contributed by atoms with Crippen LogP contribution in [0.2, 0.25) is 0 Å². The van der Waals surface area contributed by atoms with Gasteiger partial charge in [-0.3, -0.25) is 0 Å². The van der Waals surface area contributed by atoms with Crippen LogP contribution in [0, 0.1) is 0 Å². The summed E-state index contributed by atoms with van der Waals surface area (Å²) in [6, 6.07) is 8.67. The summed E-state index contributed by atoms with van der Waals surface area (Å²) in [5.41, 5.74) is 17.2. The second kappa shape index (κ2) is 23.3. The van der Waals surface area contributed by atoms with Gasteiger partial charge in [-0.25, -0.2) is 14.4 Å². The number of quaternary nitrogens is 3. The van der Waals surface area contributed by atoms with Gasteiger partial charge in [0, 0.05) is 17.1 Å². The predicted molar refractivity (Wildman–Crippen MR) is 235 cm³/mol. The van der Waals surface area contributed by atoms with Crippen molar-refractivity contribution in [3.05, 3.63) is 71.3 Å². The number of carbonyl (C=O) groups is 3. The molecule has 25 nitrogen and oxygen atoms in total. The Hall–Kier alpha value is -5.65. The molecule has 6 rings (SSSR count). The first-order valence-corrected chi connectivity index (χ1v) is 22.1. The van der Waals surface area contributed by atoms with Gasteiger partial charge in [-0.2, -0.15) is 0 Å². The van der Waals surface area contributed by atoms with Gasteiger partial charge in [-0.05, 0) is 54.6 Å². The highest BCUT2D eigenvalue weighted by Gasteiger charge is 2.53. The molecule has 3 heterocycles. The third-order valence-corrected chi connectivity index (χ3v) is 12.4. The number of anilines is 3. The molecule has 3 aliphatic rings. The summed E-state index contributed by atoms with van der Waals surface area (Å²) in [6.07, 6.45) is -16.0. The number of ether oxygens (including phenoxy) is 8. The number of esters is 3. The second-order valence-electron chi connectivity index (χ2n) is 16.9. The fourth-order valence-corrected chi connectivity index (χ4v) is 8.64. The predicted octanol–water partition coefficient (Wildman–Crippen LogP) is -6.43. The molecule has 0 radical (unpaired) electrons. The number of hydrogen-bond donors (Lipinski definition) is 14. The third-order valence-electron chi connectivity index (χ3n) is 12.4. The maximum atomic E-state index is 13.3. The van der Waals surface area contributed by atoms with E-state index in [2.05, 4.69) is 0 Å². The van der Waals surface area contributed by atoms with Crippen LogP contribution < -0.4 is 33.2 Å². The average molecular weight is 980 g/mol. The van der Waals surface area contributed by atoms with Crippen molar-refractivity contribution in [1.29, 1.82) is 0 Å². The lowest BCUT2D eigenvalue weighted by atomic mass is 9.91. The fraction of sp³-hybridized carbons (Fsp3) is 0.523. The van der Waals surface area contributed by atoms with E-state index in [0.717, 1.165) is 0 Å². The monoisotopic (exact) mass is 979 g/mol. The standard InChI is InChI=1S/C44H60N6O19/c1-48-32-27(67-29(35(54)36(32)55)15-64-41(58)21-10-18(45)4-7-24(21)51)13-62-39-30(16-65-42(59)22-11-19(46)5-8-25(22)52)68-28(33(49-2)37(39)56)14-63-40-31(69-44(61)34(50-3)38(40)57)17-66-43(60)23-12-20(47)6-9-26(23)53/h4-12,27-40,44,48-57,61H,13-17,45-47H2,1-3H3/p+3/t27-,28-,29?,30?,31?,32?,33?,34?,35+,36-,37-,38-,39+,40+,44+/m0/s1. The first-order chi connectivity index (χ1) is 32.9. The Morgan fingerprint density at radius 1 is 0.478 bits per heavy atom. The summed E-state index contributed by atoms with van der Waals surface area (Å²) in [5.74, 6) is -4.18. The normalized spacial score (nSPS) is 31.4. The van der Waals surface area contributed by atoms with Crippen molar-refractivity contribution >= 4 is 35.0 Å². The number of phenolic OH excluding ortho intramolecular Hbond substituents is 3. The lowest BCUT2D eigenvalue weighted by Crippen LogP contribution is -2.95. The van der Waals surface area contributed by atoms with Crippen LogP contribution in [-0.2, 0) is 37.9 Å². The van der Waals surface area contributed by atoms with Gasteiger partial charge in [-0.1, -0.05) is 0 Å². The van der Waals surface area contributed by atoms with Crippen molar-refractivity contribution in [2.75, 3.05) is 71.4 Å². The van der Waals surface area contributed by atoms with Crippen molar-refractivity contribution in [3.63, 3.8) is 0 Å². The van der Waals surface area contributed by atoms with Gasteiger partial charge < -0.3 is 112 Å². The Bertz CT molecular complexity index is 2240. The number of nitrogen functional groups attached to an aromatic ring is 3. The van der Waals surface area contributed by atoms with Gasteiger partial charge in [0.1, 0.15) is 133 Å². The van der Waals surface area contributed by atoms with E-state index in [1.165, 1.54) is 59.9 Å². The number of likely N-dealkylation sites (N-methyl/N-ethyl adjacent to an activating group) is 3. The molecule has 6 unspecified atom stereocenters. The zero-order valence-corrected chi connectivity index (χ0v) is 37.9. The highest BCUT2D eigenvalue weighted by Crippen LogP contribution is 2.30. The van der Waals surface area contributed by atoms with Crippen molar-refractivity contribution in [3.8, 4) is 17.2 Å². The number of hydrogen-bond acceptors (Lipinski definition) is 22. The molecule has 3 aliphatic heterocycles. The number of rotatable bonds is 18. The van der Waals surface area contributed by atoms with E-state index in [1.807, 2.05) is 0 Å². The third kappa shape index (κ3) is 12.2. The van der Waals surface area contributed by atoms with Crippen LogP contribution in [0.1, 0.15) is 31.1 Å². The minimum atomic E-state index is -1.55. The summed E-state index contributed by atoms with van der Waals surface area (Å²) in [5, 5.41) is 92.0. The molecule has 3 saturated heterocycles. The number of carbonyl (C=O) groups excluding carboxylic acids is 3. The molecule has 15 atom stereocenters. The summed E-state index contributed by atoms with van der Waals surface area (Å²) < 4.78 is 47.3. The van der Waals surface area contributed by atoms with Crippen LogP contribution in [0.5, 0.6) is 17.2 Å². The highest BCUT2D eigenvalue weighted by atomic mass is 16.7. The Labute approximate surface area is 394 Å². The Balaban J connectivity index is 1.20. The summed E-state index contributed by atoms with van der Waals surface area (Å²) >= 11 is 0. The van der Waals surface area contributed by atoms with Crippen LogP contribution in [0.25, 0.3) is 0 Å². The fourth-order valence-electron chi connectivity index (χ4n) is 8.64. The van der Waals surface area contributed by atoms with E-state index in [-0.39, 0.29) is 47.0 Å². The van der Waals surface area contributed by atoms with Crippen LogP contribution in [0.4, 0.5) is 17.1 Å². The van der Waals surface area contributed by atoms with Gasteiger partial charge in [0.05, 0.1) is 34.4 Å². The number of aromatic hydroxyl groups is 3. The van der Waals surface area contributed by atoms with Gasteiger partial charge in [0.2, 0.25) is 6.29 Å². The summed E-state index contributed by atoms with van der Waals surface area (Å²) in [7, 11) is 4.84. The zero-order valence-electron chi connectivity index (χ0n) is 37.9. The lowest BCUT2D eigenvalue weighted by molar-refractivity contribution is -0.695. The molecule has 69 heavy (non-hydrogen) atoms. The number of phenols is 3. The topological polar surface area (TPSA) is 415 Å². The smallest absolute Gasteiger partial charge is 0.342 e. The zero-order chi connectivity index (χ0) is 50.3. The Morgan fingerprint density at radius 2 is 0.826 bits per heavy atom. The summed E-state index contributed by atoms with van der Waals surface area (Å²) in [6.45, 7) is -2.47. The second-order valence-corrected chi connectivity index (χ2v) is 16.9. The van der Waals surface area contributed by atoms with E-state index in [1.54, 1.807) is 31.8 Å². The number of aliphatic hydroxyl groups excluding tert-OH is 5. The van der Waals surface area contributed by atoms with Gasteiger partial charge in [0.25, 0.3) is 0 Å². The molecule has 0 spiro atoms. The maximum Gasteiger partial charge on any atom is 0.342 e. The van der Waals surface area contributed by atoms with Crippen LogP contribution in [-0.4, -0.2) is 204 Å². The molecule has 3 fully saturated rings. The molecule has 380 valence electrons.